The summed E-state index contributed by atoms with van der Waals surface area (Å²) >= 11 is 1.30. The second-order valence-corrected chi connectivity index (χ2v) is 7.44. The maximum absolute atomic E-state index is 12.4. The number of ether oxygens (including phenoxy) is 1. The molecular weight excluding hydrogens is 358 g/mol. The molecule has 1 aliphatic carbocycles. The van der Waals surface area contributed by atoms with Gasteiger partial charge in [0, 0.05) is 17.6 Å². The van der Waals surface area contributed by atoms with E-state index in [1.807, 2.05) is 0 Å². The number of amides is 2. The fourth-order valence-corrected chi connectivity index (χ4v) is 4.42. The molecule has 2 aromatic rings. The van der Waals surface area contributed by atoms with Gasteiger partial charge in [-0.25, -0.2) is 4.98 Å². The molecule has 1 saturated carbocycles. The Balaban J connectivity index is 1.40. The number of carbonyl (C=O) groups is 3. The van der Waals surface area contributed by atoms with Gasteiger partial charge in [-0.3, -0.25) is 28.5 Å². The van der Waals surface area contributed by atoms with Gasteiger partial charge >= 0.3 is 5.97 Å². The van der Waals surface area contributed by atoms with Crippen LogP contribution in [0.1, 0.15) is 31.4 Å². The number of rotatable bonds is 4. The first-order chi connectivity index (χ1) is 12.5. The van der Waals surface area contributed by atoms with E-state index in [4.69, 9.17) is 4.74 Å². The van der Waals surface area contributed by atoms with Crippen LogP contribution in [0.3, 0.4) is 0 Å². The summed E-state index contributed by atoms with van der Waals surface area (Å²) in [5.74, 6) is -1.79. The molecule has 0 bridgehead atoms. The summed E-state index contributed by atoms with van der Waals surface area (Å²) in [5, 5.41) is 1.74. The van der Waals surface area contributed by atoms with Crippen molar-refractivity contribution in [2.45, 2.75) is 32.3 Å². The molecule has 1 aliphatic heterocycles. The Hall–Kier alpha value is -2.55. The molecule has 0 spiro atoms. The third kappa shape index (κ3) is 2.92. The first kappa shape index (κ1) is 16.9. The van der Waals surface area contributed by atoms with E-state index in [1.165, 1.54) is 21.8 Å². The lowest BCUT2D eigenvalue weighted by molar-refractivity contribution is -0.153. The van der Waals surface area contributed by atoms with Gasteiger partial charge in [0.1, 0.15) is 13.2 Å². The van der Waals surface area contributed by atoms with Gasteiger partial charge in [-0.15, -0.1) is 11.3 Å². The van der Waals surface area contributed by atoms with E-state index < -0.39 is 5.97 Å². The molecule has 2 amide bonds. The van der Waals surface area contributed by atoms with Crippen LogP contribution in [0.15, 0.2) is 22.4 Å². The lowest BCUT2D eigenvalue weighted by Crippen LogP contribution is -2.36. The molecule has 136 valence electrons. The van der Waals surface area contributed by atoms with Crippen molar-refractivity contribution in [3.8, 4) is 0 Å². The number of esters is 1. The van der Waals surface area contributed by atoms with Crippen molar-refractivity contribution in [1.82, 2.24) is 14.3 Å². The Morgan fingerprint density at radius 2 is 1.88 bits per heavy atom. The number of aromatic nitrogens is 2. The molecule has 26 heavy (non-hydrogen) atoms. The molecule has 2 fully saturated rings. The lowest BCUT2D eigenvalue weighted by Gasteiger charge is -2.19. The van der Waals surface area contributed by atoms with E-state index >= 15 is 0 Å². The van der Waals surface area contributed by atoms with Crippen LogP contribution >= 0.6 is 11.3 Å². The summed E-state index contributed by atoms with van der Waals surface area (Å²) in [6, 6.07) is 1.30. The highest BCUT2D eigenvalue weighted by molar-refractivity contribution is 7.15. The molecule has 2 atom stereocenters. The number of nitrogens with zero attached hydrogens (tertiary/aromatic N) is 3. The number of carbonyl (C=O) groups excluding carboxylic acids is 3. The van der Waals surface area contributed by atoms with Crippen LogP contribution in [-0.2, 0) is 25.7 Å². The Morgan fingerprint density at radius 1 is 1.19 bits per heavy atom. The molecule has 8 nitrogen and oxygen atoms in total. The van der Waals surface area contributed by atoms with Gasteiger partial charge in [0.25, 0.3) is 5.56 Å². The molecule has 2 aliphatic rings. The second kappa shape index (κ2) is 6.64. The summed E-state index contributed by atoms with van der Waals surface area (Å²) in [5.41, 5.74) is 0.0785. The highest BCUT2D eigenvalue weighted by atomic mass is 32.1. The fraction of sp³-hybridized carbons (Fsp3) is 0.471. The maximum Gasteiger partial charge on any atom is 0.326 e. The monoisotopic (exact) mass is 375 g/mol. The van der Waals surface area contributed by atoms with Crippen molar-refractivity contribution >= 4 is 34.1 Å². The van der Waals surface area contributed by atoms with Crippen molar-refractivity contribution in [2.24, 2.45) is 11.8 Å². The largest absolute Gasteiger partial charge is 0.458 e. The Bertz CT molecular complexity index is 925. The van der Waals surface area contributed by atoms with E-state index in [-0.39, 0.29) is 42.4 Å². The van der Waals surface area contributed by atoms with Gasteiger partial charge in [-0.05, 0) is 12.8 Å². The van der Waals surface area contributed by atoms with E-state index in [2.05, 4.69) is 4.98 Å². The highest BCUT2D eigenvalue weighted by Gasteiger charge is 2.48. The van der Waals surface area contributed by atoms with Gasteiger partial charge in [-0.2, -0.15) is 0 Å². The minimum Gasteiger partial charge on any atom is -0.458 e. The zero-order valence-electron chi connectivity index (χ0n) is 13.9. The molecule has 9 heteroatoms. The predicted octanol–water partition coefficient (Wildman–Crippen LogP) is 0.974. The van der Waals surface area contributed by atoms with Gasteiger partial charge in [0.2, 0.25) is 11.8 Å². The average molecular weight is 375 g/mol. The average Bonchev–Trinajstić information content (AvgIpc) is 3.20. The lowest BCUT2D eigenvalue weighted by atomic mass is 9.81. The molecule has 0 N–H and O–H groups in total. The molecule has 1 saturated heterocycles. The summed E-state index contributed by atoms with van der Waals surface area (Å²) < 4.78 is 6.53. The topological polar surface area (TPSA) is 98.0 Å². The van der Waals surface area contributed by atoms with Gasteiger partial charge in [0.05, 0.1) is 17.5 Å². The Labute approximate surface area is 152 Å². The Morgan fingerprint density at radius 3 is 2.58 bits per heavy atom. The van der Waals surface area contributed by atoms with Gasteiger partial charge < -0.3 is 4.74 Å². The molecular formula is C17H17N3O5S. The van der Waals surface area contributed by atoms with Crippen molar-refractivity contribution in [3.63, 3.8) is 0 Å². The van der Waals surface area contributed by atoms with Gasteiger partial charge in [0.15, 0.2) is 4.96 Å². The SMILES string of the molecule is O=C(CN1C(=O)[C@H]2CCCC[C@H]2C1=O)OCc1cc(=O)n2ccsc2n1. The Kier molecular flexibility index (Phi) is 4.31. The van der Waals surface area contributed by atoms with Crippen LogP contribution < -0.4 is 5.56 Å². The minimum atomic E-state index is -0.682. The van der Waals surface area contributed by atoms with E-state index in [1.54, 1.807) is 11.6 Å². The van der Waals surface area contributed by atoms with E-state index in [0.29, 0.717) is 23.5 Å². The van der Waals surface area contributed by atoms with Crippen LogP contribution in [0.4, 0.5) is 0 Å². The van der Waals surface area contributed by atoms with Crippen molar-refractivity contribution < 1.29 is 19.1 Å². The summed E-state index contributed by atoms with van der Waals surface area (Å²) in [6.07, 6.45) is 4.90. The molecule has 2 aromatic heterocycles. The molecule has 4 rings (SSSR count). The third-order valence-electron chi connectivity index (χ3n) is 4.96. The third-order valence-corrected chi connectivity index (χ3v) is 5.71. The summed E-state index contributed by atoms with van der Waals surface area (Å²) in [4.78, 5) is 54.5. The van der Waals surface area contributed by atoms with E-state index in [0.717, 1.165) is 17.7 Å². The maximum atomic E-state index is 12.4. The fourth-order valence-electron chi connectivity index (χ4n) is 3.68. The smallest absolute Gasteiger partial charge is 0.326 e. The van der Waals surface area contributed by atoms with Crippen molar-refractivity contribution in [1.29, 1.82) is 0 Å². The van der Waals surface area contributed by atoms with Crippen LogP contribution in [0, 0.1) is 11.8 Å². The number of fused-ring (bicyclic) bond motifs is 2. The number of hydrogen-bond acceptors (Lipinski definition) is 7. The first-order valence-electron chi connectivity index (χ1n) is 8.51. The highest BCUT2D eigenvalue weighted by Crippen LogP contribution is 2.37. The normalized spacial score (nSPS) is 22.7. The molecule has 3 heterocycles. The number of imide groups is 1. The van der Waals surface area contributed by atoms with Crippen LogP contribution in [-0.4, -0.2) is 38.6 Å². The first-order valence-corrected chi connectivity index (χ1v) is 9.39. The molecule has 0 aromatic carbocycles. The zero-order valence-corrected chi connectivity index (χ0v) is 14.7. The van der Waals surface area contributed by atoms with Gasteiger partial charge in [-0.1, -0.05) is 12.8 Å². The van der Waals surface area contributed by atoms with Crippen molar-refractivity contribution in [2.75, 3.05) is 6.54 Å². The molecule has 0 radical (unpaired) electrons. The number of likely N-dealkylation sites (tertiary alicyclic amines) is 1. The minimum absolute atomic E-state index is 0.175. The van der Waals surface area contributed by atoms with Crippen LogP contribution in [0.25, 0.3) is 4.96 Å². The second-order valence-electron chi connectivity index (χ2n) is 6.56. The number of thiazole rings is 1. The quantitative estimate of drug-likeness (QED) is 0.583. The number of hydrogen-bond donors (Lipinski definition) is 0. The zero-order chi connectivity index (χ0) is 18.3. The predicted molar refractivity (Wildman–Crippen MR) is 91.3 cm³/mol. The summed E-state index contributed by atoms with van der Waals surface area (Å²) in [6.45, 7) is -0.559. The molecule has 0 unspecified atom stereocenters. The summed E-state index contributed by atoms with van der Waals surface area (Å²) in [7, 11) is 0. The van der Waals surface area contributed by atoms with Crippen molar-refractivity contribution in [3.05, 3.63) is 33.7 Å². The van der Waals surface area contributed by atoms with Crippen LogP contribution in [0.5, 0.6) is 0 Å². The van der Waals surface area contributed by atoms with E-state index in [9.17, 15) is 19.2 Å². The standard InChI is InChI=1S/C17H17N3O5S/c21-13-7-10(18-17-19(13)5-6-26-17)9-25-14(22)8-20-15(23)11-3-1-2-4-12(11)16(20)24/h5-7,11-12H,1-4,8-9H2/t11-,12+. The van der Waals surface area contributed by atoms with Crippen LogP contribution in [0.2, 0.25) is 0 Å².